The van der Waals surface area contributed by atoms with Crippen LogP contribution in [-0.4, -0.2) is 27.5 Å². The van der Waals surface area contributed by atoms with Crippen molar-refractivity contribution in [2.45, 2.75) is 6.54 Å². The van der Waals surface area contributed by atoms with E-state index in [9.17, 15) is 4.79 Å². The topological polar surface area (TPSA) is 49.0 Å². The SMILES string of the molecule is C=CCN(Cc1ccc(Cl)s1)C(=O)c1cc(-c2ccccc2)n[nH]1. The summed E-state index contributed by atoms with van der Waals surface area (Å²) in [5, 5.41) is 7.08. The molecule has 0 radical (unpaired) electrons. The van der Waals surface area contributed by atoms with Crippen LogP contribution >= 0.6 is 22.9 Å². The fraction of sp³-hybridized carbons (Fsp3) is 0.111. The lowest BCUT2D eigenvalue weighted by molar-refractivity contribution is 0.0758. The van der Waals surface area contributed by atoms with Gasteiger partial charge in [-0.05, 0) is 18.2 Å². The fourth-order valence-corrected chi connectivity index (χ4v) is 3.46. The van der Waals surface area contributed by atoms with E-state index in [1.165, 1.54) is 11.3 Å². The van der Waals surface area contributed by atoms with E-state index in [0.717, 1.165) is 16.1 Å². The summed E-state index contributed by atoms with van der Waals surface area (Å²) in [7, 11) is 0. The third-order valence-electron chi connectivity index (χ3n) is 3.49. The molecule has 122 valence electrons. The highest BCUT2D eigenvalue weighted by molar-refractivity contribution is 7.16. The normalized spacial score (nSPS) is 10.5. The molecule has 0 aliphatic heterocycles. The molecule has 0 aliphatic carbocycles. The molecule has 0 saturated carbocycles. The fourth-order valence-electron chi connectivity index (χ4n) is 2.36. The van der Waals surface area contributed by atoms with Crippen LogP contribution in [0.1, 0.15) is 15.4 Å². The average Bonchev–Trinajstić information content (AvgIpc) is 3.24. The molecule has 1 N–H and O–H groups in total. The standard InChI is InChI=1S/C18H16ClN3OS/c1-2-10-22(12-14-8-9-17(19)24-14)18(23)16-11-15(20-21-16)13-6-4-3-5-7-13/h2-9,11H,1,10,12H2,(H,20,21). The number of aromatic amines is 1. The van der Waals surface area contributed by atoms with Crippen molar-refractivity contribution in [2.24, 2.45) is 0 Å². The van der Waals surface area contributed by atoms with Gasteiger partial charge in [-0.1, -0.05) is 48.0 Å². The molecule has 2 heterocycles. The van der Waals surface area contributed by atoms with Crippen LogP contribution in [0.3, 0.4) is 0 Å². The van der Waals surface area contributed by atoms with E-state index >= 15 is 0 Å². The minimum atomic E-state index is -0.117. The number of H-pyrrole nitrogens is 1. The number of benzene rings is 1. The maximum absolute atomic E-state index is 12.8. The highest BCUT2D eigenvalue weighted by atomic mass is 35.5. The number of hydrogen-bond acceptors (Lipinski definition) is 3. The average molecular weight is 358 g/mol. The number of nitrogens with zero attached hydrogens (tertiary/aromatic N) is 2. The Bertz CT molecular complexity index is 841. The molecule has 3 aromatic rings. The van der Waals surface area contributed by atoms with Crippen LogP contribution in [0.15, 0.2) is 61.2 Å². The van der Waals surface area contributed by atoms with Crippen molar-refractivity contribution < 1.29 is 4.79 Å². The van der Waals surface area contributed by atoms with Gasteiger partial charge in [-0.25, -0.2) is 0 Å². The van der Waals surface area contributed by atoms with E-state index in [0.29, 0.717) is 23.1 Å². The smallest absolute Gasteiger partial charge is 0.272 e. The molecule has 0 aliphatic rings. The lowest BCUT2D eigenvalue weighted by atomic mass is 10.1. The molecule has 1 amide bonds. The van der Waals surface area contributed by atoms with Crippen LogP contribution in [-0.2, 0) is 6.54 Å². The molecule has 3 rings (SSSR count). The van der Waals surface area contributed by atoms with Crippen molar-refractivity contribution in [1.82, 2.24) is 15.1 Å². The molecule has 2 aromatic heterocycles. The van der Waals surface area contributed by atoms with Crippen LogP contribution in [0.2, 0.25) is 4.34 Å². The molecular weight excluding hydrogens is 342 g/mol. The highest BCUT2D eigenvalue weighted by Gasteiger charge is 2.18. The second-order valence-corrected chi connectivity index (χ2v) is 7.01. The second kappa shape index (κ2) is 7.47. The van der Waals surface area contributed by atoms with Gasteiger partial charge in [-0.2, -0.15) is 5.10 Å². The molecule has 4 nitrogen and oxygen atoms in total. The zero-order chi connectivity index (χ0) is 16.9. The van der Waals surface area contributed by atoms with Gasteiger partial charge in [0.2, 0.25) is 0 Å². The van der Waals surface area contributed by atoms with Crippen molar-refractivity contribution in [1.29, 1.82) is 0 Å². The van der Waals surface area contributed by atoms with Crippen molar-refractivity contribution in [3.8, 4) is 11.3 Å². The Morgan fingerprint density at radius 2 is 2.08 bits per heavy atom. The Morgan fingerprint density at radius 1 is 1.29 bits per heavy atom. The first kappa shape index (κ1) is 16.5. The molecule has 0 saturated heterocycles. The molecule has 1 aromatic carbocycles. The van der Waals surface area contributed by atoms with Crippen molar-refractivity contribution in [3.63, 3.8) is 0 Å². The third-order valence-corrected chi connectivity index (χ3v) is 4.71. The first-order chi connectivity index (χ1) is 11.7. The Balaban J connectivity index is 1.80. The first-order valence-corrected chi connectivity index (χ1v) is 8.62. The maximum atomic E-state index is 12.8. The number of carbonyl (C=O) groups is 1. The summed E-state index contributed by atoms with van der Waals surface area (Å²) in [5.74, 6) is -0.117. The molecule has 6 heteroatoms. The van der Waals surface area contributed by atoms with Gasteiger partial charge >= 0.3 is 0 Å². The maximum Gasteiger partial charge on any atom is 0.272 e. The molecule has 0 unspecified atom stereocenters. The third kappa shape index (κ3) is 3.75. The number of thiophene rings is 1. The van der Waals surface area contributed by atoms with Crippen molar-refractivity contribution in [3.05, 3.63) is 76.1 Å². The van der Waals surface area contributed by atoms with E-state index in [1.807, 2.05) is 42.5 Å². The number of nitrogens with one attached hydrogen (secondary N) is 1. The second-order valence-electron chi connectivity index (χ2n) is 5.21. The Hall–Kier alpha value is -2.37. The van der Waals surface area contributed by atoms with Gasteiger partial charge in [0.05, 0.1) is 16.6 Å². The Labute approximate surface area is 149 Å². The van der Waals surface area contributed by atoms with Crippen LogP contribution in [0.25, 0.3) is 11.3 Å². The molecule has 24 heavy (non-hydrogen) atoms. The van der Waals surface area contributed by atoms with Crippen LogP contribution in [0, 0.1) is 0 Å². The number of carbonyl (C=O) groups excluding carboxylic acids is 1. The van der Waals surface area contributed by atoms with Crippen LogP contribution in [0.5, 0.6) is 0 Å². The Morgan fingerprint density at radius 3 is 2.75 bits per heavy atom. The van der Waals surface area contributed by atoms with Gasteiger partial charge < -0.3 is 4.90 Å². The summed E-state index contributed by atoms with van der Waals surface area (Å²) < 4.78 is 0.712. The summed E-state index contributed by atoms with van der Waals surface area (Å²) in [6.45, 7) is 4.67. The van der Waals surface area contributed by atoms with Gasteiger partial charge in [0.15, 0.2) is 0 Å². The highest BCUT2D eigenvalue weighted by Crippen LogP contribution is 2.24. The first-order valence-electron chi connectivity index (χ1n) is 7.42. The summed E-state index contributed by atoms with van der Waals surface area (Å²) in [5.41, 5.74) is 2.17. The van der Waals surface area contributed by atoms with Gasteiger partial charge in [-0.3, -0.25) is 9.89 Å². The minimum Gasteiger partial charge on any atom is -0.328 e. The predicted octanol–water partition coefficient (Wildman–Crippen LogP) is 4.62. The number of amides is 1. The van der Waals surface area contributed by atoms with Crippen molar-refractivity contribution in [2.75, 3.05) is 6.54 Å². The van der Waals surface area contributed by atoms with Gasteiger partial charge in [-0.15, -0.1) is 17.9 Å². The summed E-state index contributed by atoms with van der Waals surface area (Å²) in [6.07, 6.45) is 1.71. The lowest BCUT2D eigenvalue weighted by Crippen LogP contribution is -2.30. The largest absolute Gasteiger partial charge is 0.328 e. The van der Waals surface area contributed by atoms with E-state index < -0.39 is 0 Å². The minimum absolute atomic E-state index is 0.117. The zero-order valence-electron chi connectivity index (χ0n) is 12.9. The monoisotopic (exact) mass is 357 g/mol. The quantitative estimate of drug-likeness (QED) is 0.654. The van der Waals surface area contributed by atoms with E-state index in [2.05, 4.69) is 16.8 Å². The van der Waals surface area contributed by atoms with Gasteiger partial charge in [0.25, 0.3) is 5.91 Å². The summed E-state index contributed by atoms with van der Waals surface area (Å²) >= 11 is 7.44. The van der Waals surface area contributed by atoms with E-state index in [1.54, 1.807) is 17.0 Å². The number of aromatic nitrogens is 2. The van der Waals surface area contributed by atoms with E-state index in [4.69, 9.17) is 11.6 Å². The molecule has 0 bridgehead atoms. The van der Waals surface area contributed by atoms with Gasteiger partial charge in [0.1, 0.15) is 5.69 Å². The van der Waals surface area contributed by atoms with Crippen LogP contribution in [0.4, 0.5) is 0 Å². The van der Waals surface area contributed by atoms with E-state index in [-0.39, 0.29) is 5.91 Å². The van der Waals surface area contributed by atoms with Crippen molar-refractivity contribution >= 4 is 28.8 Å². The summed E-state index contributed by atoms with van der Waals surface area (Å²) in [6, 6.07) is 15.3. The number of rotatable bonds is 6. The molecule has 0 fully saturated rings. The molecular formula is C18H16ClN3OS. The number of halogens is 1. The molecule has 0 spiro atoms. The van der Waals surface area contributed by atoms with Crippen LogP contribution < -0.4 is 0 Å². The predicted molar refractivity (Wildman–Crippen MR) is 98.3 cm³/mol. The Kier molecular flexibility index (Phi) is 5.13. The zero-order valence-corrected chi connectivity index (χ0v) is 14.5. The molecule has 0 atom stereocenters. The summed E-state index contributed by atoms with van der Waals surface area (Å²) in [4.78, 5) is 15.5. The lowest BCUT2D eigenvalue weighted by Gasteiger charge is -2.19. The van der Waals surface area contributed by atoms with Gasteiger partial charge in [0, 0.05) is 17.0 Å². The number of hydrogen-bond donors (Lipinski definition) is 1.